The Labute approximate surface area is 150 Å². The lowest BCUT2D eigenvalue weighted by atomic mass is 10.0. The molecule has 1 aromatic heterocycles. The van der Waals surface area contributed by atoms with Crippen molar-refractivity contribution >= 4 is 0 Å². The van der Waals surface area contributed by atoms with Gasteiger partial charge < -0.3 is 4.90 Å². The van der Waals surface area contributed by atoms with Gasteiger partial charge in [0.25, 0.3) is 0 Å². The molecule has 1 N–H and O–H groups in total. The minimum Gasteiger partial charge on any atom is -0.301 e. The Balaban J connectivity index is 1.62. The van der Waals surface area contributed by atoms with Gasteiger partial charge in [0.15, 0.2) is 0 Å². The number of rotatable bonds is 6. The SMILES string of the molecule is CC(C)[C@H]1CN(CCc2cn[nH]c2)CCCN1Cc1ccc(F)cc1. The Morgan fingerprint density at radius 3 is 2.68 bits per heavy atom. The minimum atomic E-state index is -0.162. The van der Waals surface area contributed by atoms with Gasteiger partial charge in [-0.25, -0.2) is 4.39 Å². The van der Waals surface area contributed by atoms with Crippen LogP contribution in [0.2, 0.25) is 0 Å². The predicted octanol–water partition coefficient (Wildman–Crippen LogP) is 3.32. The summed E-state index contributed by atoms with van der Waals surface area (Å²) in [6, 6.07) is 7.48. The second-order valence-electron chi connectivity index (χ2n) is 7.42. The summed E-state index contributed by atoms with van der Waals surface area (Å²) in [5.74, 6) is 0.431. The lowest BCUT2D eigenvalue weighted by molar-refractivity contribution is 0.133. The standard InChI is InChI=1S/C20H29FN4/c1-16(2)20-15-24(11-8-18-12-22-23-13-18)9-3-10-25(20)14-17-4-6-19(21)7-5-17/h4-7,12-13,16,20H,3,8-11,14-15H2,1-2H3,(H,22,23)/t20-/m1/s1. The molecule has 1 atom stereocenters. The summed E-state index contributed by atoms with van der Waals surface area (Å²) in [6.45, 7) is 9.93. The van der Waals surface area contributed by atoms with Crippen molar-refractivity contribution in [3.05, 3.63) is 53.6 Å². The smallest absolute Gasteiger partial charge is 0.123 e. The molecular weight excluding hydrogens is 315 g/mol. The maximum atomic E-state index is 13.2. The van der Waals surface area contributed by atoms with Gasteiger partial charge in [0.1, 0.15) is 5.82 Å². The highest BCUT2D eigenvalue weighted by Crippen LogP contribution is 2.20. The van der Waals surface area contributed by atoms with E-state index in [9.17, 15) is 4.39 Å². The van der Waals surface area contributed by atoms with Gasteiger partial charge in [-0.1, -0.05) is 26.0 Å². The van der Waals surface area contributed by atoms with Crippen molar-refractivity contribution < 1.29 is 4.39 Å². The summed E-state index contributed by atoms with van der Waals surface area (Å²) < 4.78 is 13.2. The number of aromatic amines is 1. The first-order valence-electron chi connectivity index (χ1n) is 9.30. The largest absolute Gasteiger partial charge is 0.301 e. The molecule has 136 valence electrons. The first-order valence-corrected chi connectivity index (χ1v) is 9.30. The number of hydrogen-bond acceptors (Lipinski definition) is 3. The third-order valence-electron chi connectivity index (χ3n) is 5.17. The molecule has 0 radical (unpaired) electrons. The highest BCUT2D eigenvalue weighted by molar-refractivity contribution is 5.16. The van der Waals surface area contributed by atoms with Gasteiger partial charge in [-0.15, -0.1) is 0 Å². The zero-order chi connectivity index (χ0) is 17.6. The fourth-order valence-electron chi connectivity index (χ4n) is 3.69. The van der Waals surface area contributed by atoms with Gasteiger partial charge in [0, 0.05) is 38.4 Å². The van der Waals surface area contributed by atoms with E-state index in [-0.39, 0.29) is 5.82 Å². The molecular formula is C20H29FN4. The lowest BCUT2D eigenvalue weighted by Crippen LogP contribution is -2.44. The highest BCUT2D eigenvalue weighted by atomic mass is 19.1. The molecule has 3 rings (SSSR count). The molecule has 1 aromatic carbocycles. The number of nitrogens with zero attached hydrogens (tertiary/aromatic N) is 3. The molecule has 1 aliphatic heterocycles. The number of halogens is 1. The van der Waals surface area contributed by atoms with Crippen LogP contribution in [0.25, 0.3) is 0 Å². The third-order valence-corrected chi connectivity index (χ3v) is 5.17. The van der Waals surface area contributed by atoms with E-state index in [1.807, 2.05) is 24.5 Å². The summed E-state index contributed by atoms with van der Waals surface area (Å²) in [7, 11) is 0. The minimum absolute atomic E-state index is 0.162. The van der Waals surface area contributed by atoms with Crippen molar-refractivity contribution in [2.75, 3.05) is 26.2 Å². The molecule has 0 bridgehead atoms. The van der Waals surface area contributed by atoms with Crippen LogP contribution in [-0.4, -0.2) is 52.2 Å². The maximum absolute atomic E-state index is 13.2. The first-order chi connectivity index (χ1) is 12.1. The van der Waals surface area contributed by atoms with Crippen LogP contribution in [-0.2, 0) is 13.0 Å². The van der Waals surface area contributed by atoms with E-state index >= 15 is 0 Å². The van der Waals surface area contributed by atoms with Crippen LogP contribution in [0, 0.1) is 11.7 Å². The third kappa shape index (κ3) is 5.13. The Bertz CT molecular complexity index is 624. The number of benzene rings is 1. The molecule has 0 saturated carbocycles. The summed E-state index contributed by atoms with van der Waals surface area (Å²) in [5.41, 5.74) is 2.47. The molecule has 0 spiro atoms. The van der Waals surface area contributed by atoms with Crippen LogP contribution < -0.4 is 0 Å². The summed E-state index contributed by atoms with van der Waals surface area (Å²) in [4.78, 5) is 5.16. The number of nitrogens with one attached hydrogen (secondary N) is 1. The molecule has 1 aliphatic rings. The van der Waals surface area contributed by atoms with Gasteiger partial charge in [-0.05, 0) is 48.6 Å². The van der Waals surface area contributed by atoms with Gasteiger partial charge in [0.05, 0.1) is 6.20 Å². The topological polar surface area (TPSA) is 35.2 Å². The Hall–Kier alpha value is -1.72. The highest BCUT2D eigenvalue weighted by Gasteiger charge is 2.27. The van der Waals surface area contributed by atoms with Gasteiger partial charge in [0.2, 0.25) is 0 Å². The molecule has 0 unspecified atom stereocenters. The van der Waals surface area contributed by atoms with Crippen LogP contribution >= 0.6 is 0 Å². The molecule has 4 nitrogen and oxygen atoms in total. The van der Waals surface area contributed by atoms with Crippen LogP contribution in [0.5, 0.6) is 0 Å². The normalized spacial score (nSPS) is 20.1. The van der Waals surface area contributed by atoms with E-state index < -0.39 is 0 Å². The van der Waals surface area contributed by atoms with Crippen LogP contribution in [0.1, 0.15) is 31.4 Å². The molecule has 0 amide bonds. The first kappa shape index (κ1) is 18.1. The molecule has 5 heteroatoms. The van der Waals surface area contributed by atoms with E-state index in [1.54, 1.807) is 12.1 Å². The van der Waals surface area contributed by atoms with Crippen molar-refractivity contribution in [2.45, 2.75) is 39.3 Å². The Kier molecular flexibility index (Phi) is 6.21. The average Bonchev–Trinajstić information content (AvgIpc) is 3.03. The fourth-order valence-corrected chi connectivity index (χ4v) is 3.69. The quantitative estimate of drug-likeness (QED) is 0.873. The molecule has 1 fully saturated rings. The van der Waals surface area contributed by atoms with Crippen LogP contribution in [0.4, 0.5) is 4.39 Å². The summed E-state index contributed by atoms with van der Waals surface area (Å²) in [5, 5.41) is 6.93. The van der Waals surface area contributed by atoms with E-state index in [0.29, 0.717) is 12.0 Å². The second kappa shape index (κ2) is 8.59. The Morgan fingerprint density at radius 2 is 2.00 bits per heavy atom. The van der Waals surface area contributed by atoms with Gasteiger partial charge >= 0.3 is 0 Å². The Morgan fingerprint density at radius 1 is 1.20 bits per heavy atom. The van der Waals surface area contributed by atoms with Crippen molar-refractivity contribution in [3.8, 4) is 0 Å². The van der Waals surface area contributed by atoms with E-state index in [4.69, 9.17) is 0 Å². The van der Waals surface area contributed by atoms with Crippen LogP contribution in [0.15, 0.2) is 36.7 Å². The maximum Gasteiger partial charge on any atom is 0.123 e. The molecule has 25 heavy (non-hydrogen) atoms. The number of hydrogen-bond donors (Lipinski definition) is 1. The van der Waals surface area contributed by atoms with Gasteiger partial charge in [-0.3, -0.25) is 10.00 Å². The van der Waals surface area contributed by atoms with Crippen molar-refractivity contribution in [1.29, 1.82) is 0 Å². The zero-order valence-corrected chi connectivity index (χ0v) is 15.3. The fraction of sp³-hybridized carbons (Fsp3) is 0.550. The second-order valence-corrected chi connectivity index (χ2v) is 7.42. The number of H-pyrrole nitrogens is 1. The zero-order valence-electron chi connectivity index (χ0n) is 15.3. The van der Waals surface area contributed by atoms with Crippen molar-refractivity contribution in [1.82, 2.24) is 20.0 Å². The van der Waals surface area contributed by atoms with Crippen molar-refractivity contribution in [2.24, 2.45) is 5.92 Å². The molecule has 2 heterocycles. The van der Waals surface area contributed by atoms with Crippen molar-refractivity contribution in [3.63, 3.8) is 0 Å². The van der Waals surface area contributed by atoms with Gasteiger partial charge in [-0.2, -0.15) is 5.10 Å². The monoisotopic (exact) mass is 344 g/mol. The van der Waals surface area contributed by atoms with E-state index in [0.717, 1.165) is 39.1 Å². The predicted molar refractivity (Wildman–Crippen MR) is 98.8 cm³/mol. The average molecular weight is 344 g/mol. The van der Waals surface area contributed by atoms with E-state index in [1.165, 1.54) is 17.5 Å². The molecule has 2 aromatic rings. The lowest BCUT2D eigenvalue weighted by Gasteiger charge is -2.34. The molecule has 1 saturated heterocycles. The summed E-state index contributed by atoms with van der Waals surface area (Å²) in [6.07, 6.45) is 6.12. The summed E-state index contributed by atoms with van der Waals surface area (Å²) >= 11 is 0. The molecule has 0 aliphatic carbocycles. The van der Waals surface area contributed by atoms with Crippen LogP contribution in [0.3, 0.4) is 0 Å². The number of aromatic nitrogens is 2. The van der Waals surface area contributed by atoms with E-state index in [2.05, 4.69) is 33.8 Å².